The minimum absolute atomic E-state index is 0.121. The minimum atomic E-state index is -0.426. The van der Waals surface area contributed by atoms with Crippen LogP contribution in [-0.4, -0.2) is 11.0 Å². The van der Waals surface area contributed by atoms with Crippen LogP contribution in [0.15, 0.2) is 24.3 Å². The standard InChI is InChI=1S/C16H12FN3OS2/c17-10-6-4-9(5-7-10)14(21)19-16(22)20-15-12(8-18)11-2-1-3-13(11)23-15/h4-7H,1-3H2,(H2,19,20,21,22). The zero-order chi connectivity index (χ0) is 16.4. The average molecular weight is 345 g/mol. The third-order valence-corrected chi connectivity index (χ3v) is 5.01. The molecule has 1 aromatic heterocycles. The van der Waals surface area contributed by atoms with E-state index >= 15 is 0 Å². The van der Waals surface area contributed by atoms with Crippen LogP contribution >= 0.6 is 23.6 Å². The summed E-state index contributed by atoms with van der Waals surface area (Å²) in [5.41, 5.74) is 2.01. The second kappa shape index (κ2) is 6.44. The lowest BCUT2D eigenvalue weighted by atomic mass is 10.1. The number of hydrogen-bond acceptors (Lipinski definition) is 4. The van der Waals surface area contributed by atoms with Gasteiger partial charge >= 0.3 is 0 Å². The molecule has 0 atom stereocenters. The normalized spacial score (nSPS) is 12.3. The quantitative estimate of drug-likeness (QED) is 0.819. The smallest absolute Gasteiger partial charge is 0.257 e. The van der Waals surface area contributed by atoms with Crippen LogP contribution in [0.4, 0.5) is 9.39 Å². The maximum atomic E-state index is 12.9. The molecule has 2 N–H and O–H groups in total. The van der Waals surface area contributed by atoms with Crippen molar-refractivity contribution in [2.24, 2.45) is 0 Å². The van der Waals surface area contributed by atoms with Gasteiger partial charge in [-0.3, -0.25) is 10.1 Å². The molecule has 2 aromatic rings. The summed E-state index contributed by atoms with van der Waals surface area (Å²) < 4.78 is 12.9. The third-order valence-electron chi connectivity index (χ3n) is 3.59. The van der Waals surface area contributed by atoms with Crippen molar-refractivity contribution in [2.75, 3.05) is 5.32 Å². The first-order chi connectivity index (χ1) is 11.1. The summed E-state index contributed by atoms with van der Waals surface area (Å²) in [5, 5.41) is 15.6. The largest absolute Gasteiger partial charge is 0.323 e. The molecule has 1 amide bonds. The lowest BCUT2D eigenvalue weighted by molar-refractivity contribution is 0.0977. The van der Waals surface area contributed by atoms with E-state index in [-0.39, 0.29) is 5.11 Å². The van der Waals surface area contributed by atoms with Crippen molar-refractivity contribution in [1.82, 2.24) is 5.32 Å². The molecule has 1 aliphatic carbocycles. The van der Waals surface area contributed by atoms with Crippen molar-refractivity contribution >= 4 is 39.6 Å². The Bertz CT molecular complexity index is 821. The van der Waals surface area contributed by atoms with E-state index in [0.29, 0.717) is 16.1 Å². The van der Waals surface area contributed by atoms with Gasteiger partial charge in [0, 0.05) is 10.4 Å². The SMILES string of the molecule is N#Cc1c(NC(=S)NC(=O)c2ccc(F)cc2)sc2c1CCC2. The molecule has 4 nitrogen and oxygen atoms in total. The number of thiocarbonyl (C=S) groups is 1. The van der Waals surface area contributed by atoms with E-state index in [1.54, 1.807) is 0 Å². The molecule has 0 unspecified atom stereocenters. The lowest BCUT2D eigenvalue weighted by Gasteiger charge is -2.08. The average Bonchev–Trinajstić information content (AvgIpc) is 3.08. The molecule has 0 aliphatic heterocycles. The van der Waals surface area contributed by atoms with E-state index in [1.165, 1.54) is 40.5 Å². The van der Waals surface area contributed by atoms with Gasteiger partial charge in [0.25, 0.3) is 5.91 Å². The number of nitrogens with zero attached hydrogens (tertiary/aromatic N) is 1. The van der Waals surface area contributed by atoms with Crippen molar-refractivity contribution in [3.63, 3.8) is 0 Å². The highest BCUT2D eigenvalue weighted by Gasteiger charge is 2.22. The Labute approximate surface area is 141 Å². The van der Waals surface area contributed by atoms with E-state index in [0.717, 1.165) is 24.8 Å². The molecule has 0 spiro atoms. The van der Waals surface area contributed by atoms with Gasteiger partial charge in [-0.1, -0.05) is 0 Å². The zero-order valence-electron chi connectivity index (χ0n) is 12.0. The van der Waals surface area contributed by atoms with E-state index in [2.05, 4.69) is 16.7 Å². The lowest BCUT2D eigenvalue weighted by Crippen LogP contribution is -2.34. The summed E-state index contributed by atoms with van der Waals surface area (Å²) in [4.78, 5) is 13.2. The number of anilines is 1. The Morgan fingerprint density at radius 2 is 2.04 bits per heavy atom. The van der Waals surface area contributed by atoms with Gasteiger partial charge in [0.1, 0.15) is 16.9 Å². The highest BCUT2D eigenvalue weighted by atomic mass is 32.1. The molecule has 0 fully saturated rings. The third kappa shape index (κ3) is 3.23. The summed E-state index contributed by atoms with van der Waals surface area (Å²) in [6.07, 6.45) is 2.96. The predicted octanol–water partition coefficient (Wildman–Crippen LogP) is 3.37. The number of benzene rings is 1. The van der Waals surface area contributed by atoms with Crippen molar-refractivity contribution in [2.45, 2.75) is 19.3 Å². The second-order valence-electron chi connectivity index (χ2n) is 5.09. The van der Waals surface area contributed by atoms with Crippen molar-refractivity contribution < 1.29 is 9.18 Å². The Balaban J connectivity index is 1.69. The van der Waals surface area contributed by atoms with Crippen LogP contribution < -0.4 is 10.6 Å². The number of amides is 1. The van der Waals surface area contributed by atoms with E-state index < -0.39 is 11.7 Å². The number of hydrogen-bond donors (Lipinski definition) is 2. The first kappa shape index (κ1) is 15.6. The number of carbonyl (C=O) groups excluding carboxylic acids is 1. The Hall–Kier alpha value is -2.30. The maximum Gasteiger partial charge on any atom is 0.257 e. The summed E-state index contributed by atoms with van der Waals surface area (Å²) in [7, 11) is 0. The zero-order valence-corrected chi connectivity index (χ0v) is 13.6. The highest BCUT2D eigenvalue weighted by Crippen LogP contribution is 2.38. The first-order valence-electron chi connectivity index (χ1n) is 7.01. The van der Waals surface area contributed by atoms with Gasteiger partial charge < -0.3 is 5.32 Å². The molecule has 23 heavy (non-hydrogen) atoms. The highest BCUT2D eigenvalue weighted by molar-refractivity contribution is 7.80. The van der Waals surface area contributed by atoms with Gasteiger partial charge in [0.05, 0.1) is 5.56 Å². The van der Waals surface area contributed by atoms with Crippen LogP contribution in [0.3, 0.4) is 0 Å². The maximum absolute atomic E-state index is 12.9. The predicted molar refractivity (Wildman–Crippen MR) is 91.1 cm³/mol. The number of nitrogens with one attached hydrogen (secondary N) is 2. The summed E-state index contributed by atoms with van der Waals surface area (Å²) in [6, 6.07) is 7.39. The number of rotatable bonds is 2. The molecule has 7 heteroatoms. The molecule has 1 heterocycles. The fourth-order valence-corrected chi connectivity index (χ4v) is 4.03. The molecule has 0 saturated heterocycles. The summed E-state index contributed by atoms with van der Waals surface area (Å²) >= 11 is 6.64. The van der Waals surface area contributed by atoms with Crippen LogP contribution in [-0.2, 0) is 12.8 Å². The number of carbonyl (C=O) groups is 1. The van der Waals surface area contributed by atoms with Crippen LogP contribution in [0.25, 0.3) is 0 Å². The van der Waals surface area contributed by atoms with E-state index in [9.17, 15) is 14.4 Å². The number of halogens is 1. The van der Waals surface area contributed by atoms with Gasteiger partial charge in [-0.15, -0.1) is 11.3 Å². The number of fused-ring (bicyclic) bond motifs is 1. The molecule has 0 saturated carbocycles. The minimum Gasteiger partial charge on any atom is -0.323 e. The monoisotopic (exact) mass is 345 g/mol. The molecule has 0 bridgehead atoms. The Kier molecular flexibility index (Phi) is 4.37. The number of aryl methyl sites for hydroxylation is 1. The number of nitriles is 1. The van der Waals surface area contributed by atoms with E-state index in [4.69, 9.17) is 12.2 Å². The molecular weight excluding hydrogens is 333 g/mol. The van der Waals surface area contributed by atoms with Crippen LogP contribution in [0.5, 0.6) is 0 Å². The van der Waals surface area contributed by atoms with Crippen LogP contribution in [0.2, 0.25) is 0 Å². The van der Waals surface area contributed by atoms with Crippen molar-refractivity contribution in [3.05, 3.63) is 51.7 Å². The molecule has 0 radical (unpaired) electrons. The van der Waals surface area contributed by atoms with Gasteiger partial charge in [-0.25, -0.2) is 4.39 Å². The fraction of sp³-hybridized carbons (Fsp3) is 0.188. The molecule has 1 aromatic carbocycles. The molecule has 1 aliphatic rings. The fourth-order valence-electron chi connectivity index (χ4n) is 2.52. The number of thiophene rings is 1. The second-order valence-corrected chi connectivity index (χ2v) is 6.60. The Morgan fingerprint density at radius 1 is 1.30 bits per heavy atom. The first-order valence-corrected chi connectivity index (χ1v) is 8.23. The van der Waals surface area contributed by atoms with Gasteiger partial charge in [0.15, 0.2) is 5.11 Å². The summed E-state index contributed by atoms with van der Waals surface area (Å²) in [5.74, 6) is -0.834. The van der Waals surface area contributed by atoms with Gasteiger partial charge in [-0.05, 0) is 61.3 Å². The van der Waals surface area contributed by atoms with Crippen LogP contribution in [0, 0.1) is 17.1 Å². The van der Waals surface area contributed by atoms with Crippen LogP contribution in [0.1, 0.15) is 32.8 Å². The molecule has 116 valence electrons. The van der Waals surface area contributed by atoms with Gasteiger partial charge in [0.2, 0.25) is 0 Å². The molecule has 3 rings (SSSR count). The molecular formula is C16H12FN3OS2. The van der Waals surface area contributed by atoms with Gasteiger partial charge in [-0.2, -0.15) is 5.26 Å². The van der Waals surface area contributed by atoms with Crippen molar-refractivity contribution in [3.8, 4) is 6.07 Å². The summed E-state index contributed by atoms with van der Waals surface area (Å²) in [6.45, 7) is 0. The van der Waals surface area contributed by atoms with Crippen molar-refractivity contribution in [1.29, 1.82) is 5.26 Å². The Morgan fingerprint density at radius 3 is 2.74 bits per heavy atom. The van der Waals surface area contributed by atoms with E-state index in [1.807, 2.05) is 0 Å². The topological polar surface area (TPSA) is 64.9 Å².